The zero-order chi connectivity index (χ0) is 20.1. The predicted octanol–water partition coefficient (Wildman–Crippen LogP) is 2.34. The van der Waals surface area contributed by atoms with Gasteiger partial charge in [-0.25, -0.2) is 14.5 Å². The fourth-order valence-electron chi connectivity index (χ4n) is 4.45. The van der Waals surface area contributed by atoms with Gasteiger partial charge >= 0.3 is 6.09 Å². The van der Waals surface area contributed by atoms with Crippen molar-refractivity contribution >= 4 is 28.6 Å². The quantitative estimate of drug-likeness (QED) is 0.699. The van der Waals surface area contributed by atoms with Crippen LogP contribution in [0.5, 0.6) is 5.75 Å². The lowest BCUT2D eigenvalue weighted by molar-refractivity contribution is 0.137. The molecule has 5 rings (SSSR count). The molecule has 2 fully saturated rings. The number of nitrogens with zero attached hydrogens (tertiary/aromatic N) is 5. The molecular weight excluding hydrogens is 372 g/mol. The number of likely N-dealkylation sites (tertiary alicyclic amines) is 1. The van der Waals surface area contributed by atoms with Gasteiger partial charge in [-0.05, 0) is 31.5 Å². The first kappa shape index (κ1) is 17.6. The van der Waals surface area contributed by atoms with Crippen LogP contribution in [0.25, 0.3) is 16.6 Å². The van der Waals surface area contributed by atoms with E-state index in [1.807, 2.05) is 37.3 Å². The van der Waals surface area contributed by atoms with E-state index in [-0.39, 0.29) is 12.1 Å². The van der Waals surface area contributed by atoms with Crippen molar-refractivity contribution < 1.29 is 14.6 Å². The number of anilines is 2. The van der Waals surface area contributed by atoms with Gasteiger partial charge in [-0.2, -0.15) is 0 Å². The number of piperazine rings is 1. The van der Waals surface area contributed by atoms with Crippen LogP contribution in [-0.2, 0) is 0 Å². The Labute approximate surface area is 167 Å². The van der Waals surface area contributed by atoms with Crippen molar-refractivity contribution in [2.45, 2.75) is 25.4 Å². The molecule has 2 aromatic heterocycles. The number of ether oxygens (including phenoxy) is 1. The Bertz CT molecular complexity index is 1100. The van der Waals surface area contributed by atoms with Gasteiger partial charge in [0.25, 0.3) is 0 Å². The molecule has 0 aliphatic carbocycles. The number of amides is 1. The van der Waals surface area contributed by atoms with Crippen molar-refractivity contribution in [3.8, 4) is 11.4 Å². The standard InChI is InChI=1S/C20H22N6O3/c1-2-29-15-3-4-16-17(9-15)26(23-19(16)21)12-5-6-22-18(8-12)24-10-14-7-13(24)11-25(14)20(27)28/h3-6,8-9,13-14H,2,7,10-11H2,1H3,(H2,21,23)(H,27,28)/t13-,14-/m0/s1. The predicted molar refractivity (Wildman–Crippen MR) is 109 cm³/mol. The number of carbonyl (C=O) groups is 1. The van der Waals surface area contributed by atoms with Gasteiger partial charge in [0.05, 0.1) is 29.9 Å². The van der Waals surface area contributed by atoms with E-state index in [2.05, 4.69) is 15.0 Å². The third-order valence-corrected chi connectivity index (χ3v) is 5.75. The maximum absolute atomic E-state index is 11.3. The van der Waals surface area contributed by atoms with Crippen LogP contribution in [0.3, 0.4) is 0 Å². The van der Waals surface area contributed by atoms with Gasteiger partial charge in [0.1, 0.15) is 11.6 Å². The number of hydrogen-bond acceptors (Lipinski definition) is 6. The van der Waals surface area contributed by atoms with Crippen LogP contribution in [-0.4, -0.2) is 62.6 Å². The summed E-state index contributed by atoms with van der Waals surface area (Å²) in [5.74, 6) is 2.04. The number of nitrogen functional groups attached to an aromatic ring is 1. The summed E-state index contributed by atoms with van der Waals surface area (Å²) in [6.45, 7) is 3.70. The van der Waals surface area contributed by atoms with Crippen LogP contribution in [0, 0.1) is 0 Å². The number of rotatable bonds is 4. The smallest absolute Gasteiger partial charge is 0.407 e. The minimum absolute atomic E-state index is 0.0258. The topological polar surface area (TPSA) is 110 Å². The highest BCUT2D eigenvalue weighted by Gasteiger charge is 2.45. The van der Waals surface area contributed by atoms with Crippen LogP contribution >= 0.6 is 0 Å². The van der Waals surface area contributed by atoms with E-state index in [9.17, 15) is 9.90 Å². The van der Waals surface area contributed by atoms with Crippen molar-refractivity contribution in [3.05, 3.63) is 36.5 Å². The summed E-state index contributed by atoms with van der Waals surface area (Å²) in [7, 11) is 0. The fourth-order valence-corrected chi connectivity index (χ4v) is 4.45. The van der Waals surface area contributed by atoms with Crippen LogP contribution in [0.4, 0.5) is 16.4 Å². The third kappa shape index (κ3) is 2.81. The summed E-state index contributed by atoms with van der Waals surface area (Å²) in [6, 6.07) is 9.79. The van der Waals surface area contributed by atoms with Gasteiger partial charge in [-0.1, -0.05) is 0 Å². The molecule has 2 saturated heterocycles. The highest BCUT2D eigenvalue weighted by atomic mass is 16.5. The molecule has 1 aromatic carbocycles. The molecule has 0 saturated carbocycles. The van der Waals surface area contributed by atoms with E-state index < -0.39 is 6.09 Å². The van der Waals surface area contributed by atoms with Gasteiger partial charge in [0.2, 0.25) is 0 Å². The normalized spacial score (nSPS) is 20.6. The Kier molecular flexibility index (Phi) is 3.97. The van der Waals surface area contributed by atoms with E-state index >= 15 is 0 Å². The molecule has 0 spiro atoms. The van der Waals surface area contributed by atoms with Crippen LogP contribution in [0.2, 0.25) is 0 Å². The van der Waals surface area contributed by atoms with Gasteiger partial charge in [0, 0.05) is 36.8 Å². The second-order valence-corrected chi connectivity index (χ2v) is 7.41. The monoisotopic (exact) mass is 394 g/mol. The molecular formula is C20H22N6O3. The Morgan fingerprint density at radius 3 is 2.86 bits per heavy atom. The second-order valence-electron chi connectivity index (χ2n) is 7.41. The molecule has 2 atom stereocenters. The number of benzene rings is 1. The first-order valence-electron chi connectivity index (χ1n) is 9.69. The van der Waals surface area contributed by atoms with Crippen molar-refractivity contribution in [1.82, 2.24) is 19.7 Å². The average molecular weight is 394 g/mol. The number of aromatic nitrogens is 3. The van der Waals surface area contributed by atoms with Crippen molar-refractivity contribution in [1.29, 1.82) is 0 Å². The minimum atomic E-state index is -0.845. The summed E-state index contributed by atoms with van der Waals surface area (Å²) in [4.78, 5) is 19.6. The van der Waals surface area contributed by atoms with E-state index in [0.29, 0.717) is 25.5 Å². The molecule has 0 radical (unpaired) electrons. The minimum Gasteiger partial charge on any atom is -0.494 e. The van der Waals surface area contributed by atoms with Gasteiger partial charge in [0.15, 0.2) is 5.82 Å². The van der Waals surface area contributed by atoms with E-state index in [4.69, 9.17) is 10.5 Å². The highest BCUT2D eigenvalue weighted by Crippen LogP contribution is 2.35. The number of carboxylic acid groups (broad SMARTS) is 1. The zero-order valence-corrected chi connectivity index (χ0v) is 16.0. The van der Waals surface area contributed by atoms with Crippen LogP contribution in [0.15, 0.2) is 36.5 Å². The highest BCUT2D eigenvalue weighted by molar-refractivity contribution is 5.91. The number of fused-ring (bicyclic) bond motifs is 3. The largest absolute Gasteiger partial charge is 0.494 e. The summed E-state index contributed by atoms with van der Waals surface area (Å²) in [5, 5.41) is 14.7. The van der Waals surface area contributed by atoms with Crippen molar-refractivity contribution in [2.75, 3.05) is 30.3 Å². The summed E-state index contributed by atoms with van der Waals surface area (Å²) in [6.07, 6.45) is 1.75. The molecule has 2 aliphatic heterocycles. The maximum atomic E-state index is 11.3. The second kappa shape index (κ2) is 6.54. The van der Waals surface area contributed by atoms with E-state index in [1.165, 1.54) is 4.90 Å². The van der Waals surface area contributed by atoms with Gasteiger partial charge < -0.3 is 25.4 Å². The Morgan fingerprint density at radius 2 is 2.14 bits per heavy atom. The van der Waals surface area contributed by atoms with Crippen molar-refractivity contribution in [2.24, 2.45) is 0 Å². The number of pyridine rings is 1. The summed E-state index contributed by atoms with van der Waals surface area (Å²) in [5.41, 5.74) is 7.85. The van der Waals surface area contributed by atoms with Crippen molar-refractivity contribution in [3.63, 3.8) is 0 Å². The molecule has 4 heterocycles. The molecule has 29 heavy (non-hydrogen) atoms. The molecule has 0 unspecified atom stereocenters. The number of hydrogen-bond donors (Lipinski definition) is 2. The van der Waals surface area contributed by atoms with E-state index in [0.717, 1.165) is 34.6 Å². The lowest BCUT2D eigenvalue weighted by Crippen LogP contribution is -2.48. The average Bonchev–Trinajstić information content (AvgIpc) is 3.41. The van der Waals surface area contributed by atoms with Crippen LogP contribution in [0.1, 0.15) is 13.3 Å². The Balaban J connectivity index is 1.50. The molecule has 3 N–H and O–H groups in total. The molecule has 3 aromatic rings. The molecule has 150 valence electrons. The maximum Gasteiger partial charge on any atom is 0.407 e. The lowest BCUT2D eigenvalue weighted by atomic mass is 10.2. The summed E-state index contributed by atoms with van der Waals surface area (Å²) >= 11 is 0. The lowest BCUT2D eigenvalue weighted by Gasteiger charge is -2.33. The Morgan fingerprint density at radius 1 is 1.28 bits per heavy atom. The molecule has 9 heteroatoms. The zero-order valence-electron chi connectivity index (χ0n) is 16.0. The van der Waals surface area contributed by atoms with Gasteiger partial charge in [-0.15, -0.1) is 5.10 Å². The fraction of sp³-hybridized carbons (Fsp3) is 0.350. The molecule has 9 nitrogen and oxygen atoms in total. The SMILES string of the molecule is CCOc1ccc2c(N)nn(-c3ccnc(N4C[C@@H]5C[C@H]4CN5C(=O)O)c3)c2c1. The Hall–Kier alpha value is -3.49. The van der Waals surface area contributed by atoms with Gasteiger partial charge in [-0.3, -0.25) is 0 Å². The molecule has 1 amide bonds. The first-order chi connectivity index (χ1) is 14.0. The number of nitrogens with two attached hydrogens (primary N) is 1. The van der Waals surface area contributed by atoms with E-state index in [1.54, 1.807) is 10.9 Å². The molecule has 2 aliphatic rings. The third-order valence-electron chi connectivity index (χ3n) is 5.75. The van der Waals surface area contributed by atoms with Crippen LogP contribution < -0.4 is 15.4 Å². The molecule has 2 bridgehead atoms. The summed E-state index contributed by atoms with van der Waals surface area (Å²) < 4.78 is 7.43. The first-order valence-corrected chi connectivity index (χ1v) is 9.69.